The fourth-order valence-electron chi connectivity index (χ4n) is 3.18. The van der Waals surface area contributed by atoms with E-state index in [4.69, 9.17) is 0 Å². The molecule has 0 aromatic carbocycles. The second-order valence-corrected chi connectivity index (χ2v) is 7.50. The van der Waals surface area contributed by atoms with Gasteiger partial charge in [0.05, 0.1) is 0 Å². The summed E-state index contributed by atoms with van der Waals surface area (Å²) in [4.78, 5) is 26.0. The van der Waals surface area contributed by atoms with Crippen LogP contribution in [-0.2, 0) is 11.0 Å². The Hall–Kier alpha value is -3.15. The first kappa shape index (κ1) is 20.1. The maximum Gasteiger partial charge on any atom is 0.433 e. The van der Waals surface area contributed by atoms with Crippen molar-refractivity contribution in [1.82, 2.24) is 25.1 Å². The molecule has 30 heavy (non-hydrogen) atoms. The summed E-state index contributed by atoms with van der Waals surface area (Å²) in [6.45, 7) is 0.802. The van der Waals surface area contributed by atoms with Crippen LogP contribution in [-0.4, -0.2) is 44.1 Å². The van der Waals surface area contributed by atoms with Gasteiger partial charge < -0.3 is 10.2 Å². The van der Waals surface area contributed by atoms with Crippen molar-refractivity contribution < 1.29 is 18.0 Å². The Morgan fingerprint density at radius 1 is 1.17 bits per heavy atom. The van der Waals surface area contributed by atoms with Crippen molar-refractivity contribution in [2.24, 2.45) is 5.92 Å². The lowest BCUT2D eigenvalue weighted by Gasteiger charge is -2.32. The number of carbonyl (C=O) groups is 1. The number of pyridine rings is 1. The molecule has 4 rings (SSSR count). The number of alkyl halides is 3. The lowest BCUT2D eigenvalue weighted by Crippen LogP contribution is -2.38. The van der Waals surface area contributed by atoms with Gasteiger partial charge in [-0.2, -0.15) is 13.2 Å². The number of aromatic nitrogens is 5. The van der Waals surface area contributed by atoms with Crippen LogP contribution in [0.4, 0.5) is 24.1 Å². The highest BCUT2D eigenvalue weighted by molar-refractivity contribution is 7.13. The summed E-state index contributed by atoms with van der Waals surface area (Å²) < 4.78 is 40.2. The predicted molar refractivity (Wildman–Crippen MR) is 104 cm³/mol. The fraction of sp³-hybridized carbons (Fsp3) is 0.333. The molecule has 0 atom stereocenters. The molecule has 3 aromatic rings. The zero-order chi connectivity index (χ0) is 21.1. The molecular weight excluding hydrogens is 419 g/mol. The Morgan fingerprint density at radius 2 is 1.90 bits per heavy atom. The number of nitrogens with one attached hydrogen (secondary N) is 1. The van der Waals surface area contributed by atoms with E-state index in [0.717, 1.165) is 6.07 Å². The second-order valence-electron chi connectivity index (χ2n) is 6.66. The highest BCUT2D eigenvalue weighted by atomic mass is 32.1. The van der Waals surface area contributed by atoms with Gasteiger partial charge in [0.25, 0.3) is 0 Å². The summed E-state index contributed by atoms with van der Waals surface area (Å²) in [5.41, 5.74) is 0.963. The maximum atomic E-state index is 13.4. The molecule has 12 heteroatoms. The van der Waals surface area contributed by atoms with Gasteiger partial charge in [-0.15, -0.1) is 10.2 Å². The third-order valence-electron chi connectivity index (χ3n) is 4.72. The molecule has 0 bridgehead atoms. The van der Waals surface area contributed by atoms with Crippen molar-refractivity contribution in [1.29, 1.82) is 0 Å². The van der Waals surface area contributed by atoms with E-state index in [9.17, 15) is 18.0 Å². The van der Waals surface area contributed by atoms with Crippen LogP contribution < -0.4 is 10.2 Å². The van der Waals surface area contributed by atoms with Crippen LogP contribution in [0.2, 0.25) is 0 Å². The maximum absolute atomic E-state index is 13.4. The van der Waals surface area contributed by atoms with E-state index in [1.54, 1.807) is 17.0 Å². The van der Waals surface area contributed by atoms with Gasteiger partial charge in [-0.1, -0.05) is 11.3 Å². The SMILES string of the molecule is O=C(Nc1nncs1)C1CCN(c2cc(C(F)(F)F)nc(-c3ccncc3)n2)CC1. The summed E-state index contributed by atoms with van der Waals surface area (Å²) in [6, 6.07) is 4.07. The van der Waals surface area contributed by atoms with E-state index in [1.165, 1.54) is 29.2 Å². The van der Waals surface area contributed by atoms with E-state index in [-0.39, 0.29) is 23.5 Å². The summed E-state index contributed by atoms with van der Waals surface area (Å²) in [7, 11) is 0. The highest BCUT2D eigenvalue weighted by Crippen LogP contribution is 2.33. The van der Waals surface area contributed by atoms with Gasteiger partial charge in [0.2, 0.25) is 11.0 Å². The standard InChI is InChI=1S/C18H16F3N7OS/c19-18(20,21)13-9-14(25-15(24-13)11-1-5-22-6-2-11)28-7-3-12(4-8-28)16(29)26-17-27-23-10-30-17/h1-2,5-6,9-10,12H,3-4,7-8H2,(H,26,27,29). The van der Waals surface area contributed by atoms with Crippen LogP contribution in [0, 0.1) is 5.92 Å². The Balaban J connectivity index is 1.52. The third kappa shape index (κ3) is 4.53. The molecule has 156 valence electrons. The quantitative estimate of drug-likeness (QED) is 0.672. The largest absolute Gasteiger partial charge is 0.433 e. The topological polar surface area (TPSA) is 96.8 Å². The second kappa shape index (κ2) is 8.30. The van der Waals surface area contributed by atoms with Crippen molar-refractivity contribution in [3.8, 4) is 11.4 Å². The van der Waals surface area contributed by atoms with E-state index < -0.39 is 11.9 Å². The van der Waals surface area contributed by atoms with Gasteiger partial charge in [0.15, 0.2) is 11.5 Å². The van der Waals surface area contributed by atoms with Gasteiger partial charge in [-0.05, 0) is 25.0 Å². The molecule has 1 fully saturated rings. The average Bonchev–Trinajstić information content (AvgIpc) is 3.26. The Bertz CT molecular complexity index is 1010. The molecule has 0 unspecified atom stereocenters. The lowest BCUT2D eigenvalue weighted by atomic mass is 9.96. The van der Waals surface area contributed by atoms with Gasteiger partial charge in [0.1, 0.15) is 11.3 Å². The zero-order valence-corrected chi connectivity index (χ0v) is 16.3. The molecule has 4 heterocycles. The molecule has 1 aliphatic rings. The summed E-state index contributed by atoms with van der Waals surface area (Å²) >= 11 is 1.22. The minimum absolute atomic E-state index is 0.0154. The van der Waals surface area contributed by atoms with Crippen LogP contribution in [0.1, 0.15) is 18.5 Å². The number of carbonyl (C=O) groups excluding carboxylic acids is 1. The molecule has 1 N–H and O–H groups in total. The van der Waals surface area contributed by atoms with Crippen molar-refractivity contribution in [3.63, 3.8) is 0 Å². The Morgan fingerprint density at radius 3 is 2.53 bits per heavy atom. The molecule has 1 aliphatic heterocycles. The van der Waals surface area contributed by atoms with E-state index in [0.29, 0.717) is 36.6 Å². The summed E-state index contributed by atoms with van der Waals surface area (Å²) in [5.74, 6) is -0.248. The molecule has 8 nitrogen and oxygen atoms in total. The summed E-state index contributed by atoms with van der Waals surface area (Å²) in [5, 5.41) is 10.6. The van der Waals surface area contributed by atoms with Crippen LogP contribution in [0.5, 0.6) is 0 Å². The number of halogens is 3. The lowest BCUT2D eigenvalue weighted by molar-refractivity contribution is -0.141. The average molecular weight is 435 g/mol. The number of nitrogens with zero attached hydrogens (tertiary/aromatic N) is 6. The summed E-state index contributed by atoms with van der Waals surface area (Å²) in [6.07, 6.45) is -0.679. The van der Waals surface area contributed by atoms with Gasteiger partial charge in [-0.25, -0.2) is 9.97 Å². The zero-order valence-electron chi connectivity index (χ0n) is 15.5. The molecule has 0 spiro atoms. The highest BCUT2D eigenvalue weighted by Gasteiger charge is 2.35. The molecule has 1 amide bonds. The molecule has 0 radical (unpaired) electrons. The molecule has 0 aliphatic carbocycles. The number of amides is 1. The molecule has 1 saturated heterocycles. The molecular formula is C18H16F3N7OS. The van der Waals surface area contributed by atoms with Gasteiger partial charge in [-0.3, -0.25) is 9.78 Å². The van der Waals surface area contributed by atoms with E-state index in [2.05, 4.69) is 30.5 Å². The fourth-order valence-corrected chi connectivity index (χ4v) is 3.63. The first-order valence-electron chi connectivity index (χ1n) is 9.09. The molecule has 0 saturated carbocycles. The molecule has 3 aromatic heterocycles. The number of piperidine rings is 1. The first-order chi connectivity index (χ1) is 14.4. The smallest absolute Gasteiger partial charge is 0.356 e. The van der Waals surface area contributed by atoms with Gasteiger partial charge in [0, 0.05) is 43.0 Å². The van der Waals surface area contributed by atoms with Crippen molar-refractivity contribution in [2.75, 3.05) is 23.3 Å². The number of anilines is 2. The minimum Gasteiger partial charge on any atom is -0.356 e. The third-order valence-corrected chi connectivity index (χ3v) is 5.33. The Labute approximate surface area is 173 Å². The van der Waals surface area contributed by atoms with E-state index >= 15 is 0 Å². The first-order valence-corrected chi connectivity index (χ1v) is 9.97. The monoisotopic (exact) mass is 435 g/mol. The number of rotatable bonds is 4. The normalized spacial score (nSPS) is 15.2. The van der Waals surface area contributed by atoms with Gasteiger partial charge >= 0.3 is 6.18 Å². The van der Waals surface area contributed by atoms with Crippen LogP contribution >= 0.6 is 11.3 Å². The number of hydrogen-bond donors (Lipinski definition) is 1. The van der Waals surface area contributed by atoms with E-state index in [1.807, 2.05) is 0 Å². The van der Waals surface area contributed by atoms with Crippen LogP contribution in [0.3, 0.4) is 0 Å². The predicted octanol–water partition coefficient (Wildman–Crippen LogP) is 3.26. The van der Waals surface area contributed by atoms with Crippen molar-refractivity contribution in [2.45, 2.75) is 19.0 Å². The number of hydrogen-bond acceptors (Lipinski definition) is 8. The van der Waals surface area contributed by atoms with Crippen molar-refractivity contribution in [3.05, 3.63) is 41.8 Å². The van der Waals surface area contributed by atoms with Crippen molar-refractivity contribution >= 4 is 28.2 Å². The van der Waals surface area contributed by atoms with Crippen LogP contribution in [0.15, 0.2) is 36.1 Å². The minimum atomic E-state index is -4.60. The van der Waals surface area contributed by atoms with Crippen LogP contribution in [0.25, 0.3) is 11.4 Å². The Kier molecular flexibility index (Phi) is 5.57.